The zero-order valence-corrected chi connectivity index (χ0v) is 15.5. The van der Waals surface area contributed by atoms with Gasteiger partial charge < -0.3 is 9.47 Å². The zero-order chi connectivity index (χ0) is 18.4. The first kappa shape index (κ1) is 16.6. The molecule has 2 atom stereocenters. The molecule has 2 aromatic carbocycles. The molecule has 0 N–H and O–H groups in total. The van der Waals surface area contributed by atoms with Gasteiger partial charge in [0.25, 0.3) is 0 Å². The third kappa shape index (κ3) is 2.85. The lowest BCUT2D eigenvalue weighted by molar-refractivity contribution is 0.0718. The highest BCUT2D eigenvalue weighted by atomic mass is 16.6. The van der Waals surface area contributed by atoms with Crippen molar-refractivity contribution in [2.24, 2.45) is 0 Å². The lowest BCUT2D eigenvalue weighted by atomic mass is 9.85. The largest absolute Gasteiger partial charge is 0.441 e. The molecule has 6 rings (SSSR count). The maximum Gasteiger partial charge on any atom is 0.414 e. The summed E-state index contributed by atoms with van der Waals surface area (Å²) in [6.07, 6.45) is 5.49. The molecule has 0 radical (unpaired) electrons. The van der Waals surface area contributed by atoms with Gasteiger partial charge in [-0.15, -0.1) is 0 Å². The normalized spacial score (nSPS) is 23.2. The molecule has 4 nitrogen and oxygen atoms in total. The van der Waals surface area contributed by atoms with Crippen molar-refractivity contribution in [2.45, 2.75) is 31.3 Å². The number of carbonyl (C=O) groups is 1. The van der Waals surface area contributed by atoms with Crippen LogP contribution in [0.4, 0.5) is 10.5 Å². The van der Waals surface area contributed by atoms with E-state index in [9.17, 15) is 4.79 Å². The summed E-state index contributed by atoms with van der Waals surface area (Å²) >= 11 is 0. The molecule has 4 aliphatic rings. The van der Waals surface area contributed by atoms with Crippen molar-refractivity contribution < 1.29 is 14.3 Å². The van der Waals surface area contributed by atoms with Crippen LogP contribution in [0, 0.1) is 0 Å². The first-order chi connectivity index (χ1) is 13.2. The van der Waals surface area contributed by atoms with Gasteiger partial charge in [-0.1, -0.05) is 36.4 Å². The minimum atomic E-state index is -0.301. The molecule has 3 aliphatic carbocycles. The van der Waals surface area contributed by atoms with Crippen molar-refractivity contribution in [3.63, 3.8) is 0 Å². The Labute approximate surface area is 159 Å². The van der Waals surface area contributed by atoms with Gasteiger partial charge in [-0.25, -0.2) is 4.79 Å². The predicted molar refractivity (Wildman–Crippen MR) is 106 cm³/mol. The number of rotatable bonds is 4. The number of nitrogens with zero attached hydrogens (tertiary/aromatic N) is 1. The third-order valence-electron chi connectivity index (χ3n) is 5.99. The molecule has 1 heterocycles. The fraction of sp³-hybridized carbons (Fsp3) is 0.348. The van der Waals surface area contributed by atoms with E-state index >= 15 is 0 Å². The van der Waals surface area contributed by atoms with Crippen LogP contribution in [0.3, 0.4) is 0 Å². The Morgan fingerprint density at radius 2 is 1.96 bits per heavy atom. The lowest BCUT2D eigenvalue weighted by Crippen LogP contribution is -2.25. The topological polar surface area (TPSA) is 38.8 Å². The maximum atomic E-state index is 12.1. The molecular formula is C23H23NO3. The molecular weight excluding hydrogens is 338 g/mol. The van der Waals surface area contributed by atoms with E-state index in [1.54, 1.807) is 12.0 Å². The highest BCUT2D eigenvalue weighted by molar-refractivity contribution is 5.90. The second-order valence-corrected chi connectivity index (χ2v) is 7.62. The Bertz CT molecular complexity index is 916. The second kappa shape index (κ2) is 6.54. The van der Waals surface area contributed by atoms with E-state index in [-0.39, 0.29) is 12.2 Å². The van der Waals surface area contributed by atoms with E-state index in [2.05, 4.69) is 36.4 Å². The summed E-state index contributed by atoms with van der Waals surface area (Å²) in [7, 11) is 1.62. The standard InChI is InChI=1S/C23H23NO3/c1-26-14-20-13-24(23(25)27-20)19-9-6-16(7-10-19)21-11-8-18-12-22(21)17-4-2-15(18)3-5-17/h2,6-12,17,20H,3-5,13-14H2,1H3. The molecule has 2 unspecified atom stereocenters. The first-order valence-corrected chi connectivity index (χ1v) is 9.64. The van der Waals surface area contributed by atoms with Crippen LogP contribution in [-0.4, -0.2) is 32.5 Å². The number of methoxy groups -OCH3 is 1. The van der Waals surface area contributed by atoms with Crippen LogP contribution < -0.4 is 4.90 Å². The lowest BCUT2D eigenvalue weighted by Gasteiger charge is -2.20. The highest BCUT2D eigenvalue weighted by Crippen LogP contribution is 2.44. The molecule has 0 aromatic heterocycles. The molecule has 4 bridgehead atoms. The fourth-order valence-electron chi connectivity index (χ4n) is 4.57. The van der Waals surface area contributed by atoms with Crippen LogP contribution in [0.25, 0.3) is 16.7 Å². The Balaban J connectivity index is 1.43. The molecule has 4 heteroatoms. The number of fused-ring (bicyclic) bond motifs is 2. The molecule has 27 heavy (non-hydrogen) atoms. The van der Waals surface area contributed by atoms with Crippen molar-refractivity contribution in [1.82, 2.24) is 0 Å². The second-order valence-electron chi connectivity index (χ2n) is 7.62. The minimum absolute atomic E-state index is 0.202. The van der Waals surface area contributed by atoms with Crippen LogP contribution in [0.15, 0.2) is 48.5 Å². The van der Waals surface area contributed by atoms with Gasteiger partial charge in [-0.3, -0.25) is 4.90 Å². The number of hydrogen-bond acceptors (Lipinski definition) is 3. The summed E-state index contributed by atoms with van der Waals surface area (Å²) in [6, 6.07) is 15.2. The van der Waals surface area contributed by atoms with E-state index in [1.165, 1.54) is 40.7 Å². The summed E-state index contributed by atoms with van der Waals surface area (Å²) < 4.78 is 10.4. The molecule has 1 aliphatic heterocycles. The van der Waals surface area contributed by atoms with Gasteiger partial charge in [0, 0.05) is 12.8 Å². The number of allylic oxidation sites excluding steroid dienone is 2. The average molecular weight is 361 g/mol. The van der Waals surface area contributed by atoms with E-state index in [0.29, 0.717) is 19.1 Å². The Morgan fingerprint density at radius 1 is 1.15 bits per heavy atom. The number of carbonyl (C=O) groups excluding carboxylic acids is 1. The summed E-state index contributed by atoms with van der Waals surface area (Å²) in [6.45, 7) is 0.954. The molecule has 0 spiro atoms. The van der Waals surface area contributed by atoms with E-state index in [0.717, 1.165) is 12.1 Å². The molecule has 1 fully saturated rings. The number of benzene rings is 2. The van der Waals surface area contributed by atoms with Crippen LogP contribution in [-0.2, 0) is 9.47 Å². The molecule has 1 saturated heterocycles. The van der Waals surface area contributed by atoms with Crippen LogP contribution in [0.1, 0.15) is 36.3 Å². The van der Waals surface area contributed by atoms with Gasteiger partial charge in [-0.2, -0.15) is 0 Å². The minimum Gasteiger partial charge on any atom is -0.441 e. The number of amides is 1. The van der Waals surface area contributed by atoms with Crippen molar-refractivity contribution in [3.05, 3.63) is 59.7 Å². The molecule has 1 amide bonds. The Morgan fingerprint density at radius 3 is 2.70 bits per heavy atom. The predicted octanol–water partition coefficient (Wildman–Crippen LogP) is 4.99. The molecule has 2 aromatic rings. The summed E-state index contributed by atoms with van der Waals surface area (Å²) in [5.41, 5.74) is 7.74. The maximum absolute atomic E-state index is 12.1. The van der Waals surface area contributed by atoms with Crippen molar-refractivity contribution in [1.29, 1.82) is 0 Å². The van der Waals surface area contributed by atoms with Gasteiger partial charge in [0.15, 0.2) is 0 Å². The number of ether oxygens (including phenoxy) is 2. The average Bonchev–Trinajstić information content (AvgIpc) is 2.96. The van der Waals surface area contributed by atoms with Gasteiger partial charge >= 0.3 is 6.09 Å². The van der Waals surface area contributed by atoms with E-state index in [4.69, 9.17) is 9.47 Å². The van der Waals surface area contributed by atoms with Crippen molar-refractivity contribution in [2.75, 3.05) is 25.2 Å². The summed E-state index contributed by atoms with van der Waals surface area (Å²) in [5.74, 6) is 0.620. The van der Waals surface area contributed by atoms with Crippen LogP contribution in [0.5, 0.6) is 0 Å². The van der Waals surface area contributed by atoms with Gasteiger partial charge in [-0.05, 0) is 65.1 Å². The first-order valence-electron chi connectivity index (χ1n) is 9.64. The summed E-state index contributed by atoms with van der Waals surface area (Å²) in [4.78, 5) is 13.8. The van der Waals surface area contributed by atoms with Gasteiger partial charge in [0.2, 0.25) is 0 Å². The zero-order valence-electron chi connectivity index (χ0n) is 15.5. The van der Waals surface area contributed by atoms with E-state index in [1.807, 2.05) is 12.1 Å². The van der Waals surface area contributed by atoms with Crippen LogP contribution in [0.2, 0.25) is 0 Å². The Kier molecular flexibility index (Phi) is 4.01. The van der Waals surface area contributed by atoms with Gasteiger partial charge in [0.1, 0.15) is 6.10 Å². The number of hydrogen-bond donors (Lipinski definition) is 0. The molecule has 138 valence electrons. The number of cyclic esters (lactones) is 1. The van der Waals surface area contributed by atoms with Crippen LogP contribution >= 0.6 is 0 Å². The SMILES string of the molecule is COCC1CN(c2ccc(-c3ccc4cc3C3CC=C4CC3)cc2)C(=O)O1. The summed E-state index contributed by atoms with van der Waals surface area (Å²) in [5, 5.41) is 0. The molecule has 0 saturated carbocycles. The third-order valence-corrected chi connectivity index (χ3v) is 5.99. The van der Waals surface area contributed by atoms with E-state index < -0.39 is 0 Å². The quantitative estimate of drug-likeness (QED) is 0.770. The van der Waals surface area contributed by atoms with Crippen molar-refractivity contribution >= 4 is 17.4 Å². The smallest absolute Gasteiger partial charge is 0.414 e. The fourth-order valence-corrected chi connectivity index (χ4v) is 4.57. The van der Waals surface area contributed by atoms with Gasteiger partial charge in [0.05, 0.1) is 13.2 Å². The highest BCUT2D eigenvalue weighted by Gasteiger charge is 2.32. The monoisotopic (exact) mass is 361 g/mol. The van der Waals surface area contributed by atoms with Crippen molar-refractivity contribution in [3.8, 4) is 11.1 Å². The Hall–Kier alpha value is -2.59. The number of anilines is 1.